The van der Waals surface area contributed by atoms with Crippen LogP contribution >= 0.6 is 11.5 Å². The highest BCUT2D eigenvalue weighted by Crippen LogP contribution is 2.24. The minimum Gasteiger partial charge on any atom is -0.375 e. The third-order valence-electron chi connectivity index (χ3n) is 2.19. The number of nitrogens with one attached hydrogen (secondary N) is 1. The number of Topliss-reactive ketones (excluding diaryl/α,β-unsaturated/α-hetero) is 1. The van der Waals surface area contributed by atoms with Gasteiger partial charge in [0, 0.05) is 12.8 Å². The topological polar surface area (TPSA) is 76.1 Å². The molecular formula is C10H16N2O3S2. The molecule has 0 aromatic carbocycles. The number of carbonyl (C=O) groups excluding carboxylic acids is 1. The number of carbonyl (C=O) groups is 1. The monoisotopic (exact) mass is 276 g/mol. The van der Waals surface area contributed by atoms with Crippen molar-refractivity contribution in [1.82, 2.24) is 4.37 Å². The van der Waals surface area contributed by atoms with E-state index in [1.54, 1.807) is 6.92 Å². The summed E-state index contributed by atoms with van der Waals surface area (Å²) < 4.78 is 26.0. The first-order valence-electron chi connectivity index (χ1n) is 5.20. The molecule has 0 saturated carbocycles. The average Bonchev–Trinajstić information content (AvgIpc) is 2.53. The highest BCUT2D eigenvalue weighted by Gasteiger charge is 2.14. The molecule has 0 fully saturated rings. The van der Waals surface area contributed by atoms with Crippen LogP contribution < -0.4 is 5.32 Å². The molecule has 0 bridgehead atoms. The van der Waals surface area contributed by atoms with Crippen LogP contribution in [0.3, 0.4) is 0 Å². The van der Waals surface area contributed by atoms with Gasteiger partial charge >= 0.3 is 0 Å². The Morgan fingerprint density at radius 3 is 2.65 bits per heavy atom. The molecule has 1 aromatic heterocycles. The largest absolute Gasteiger partial charge is 0.375 e. The van der Waals surface area contributed by atoms with E-state index >= 15 is 0 Å². The highest BCUT2D eigenvalue weighted by atomic mass is 32.2. The molecule has 0 spiro atoms. The average molecular weight is 276 g/mol. The molecule has 0 unspecified atom stereocenters. The first kappa shape index (κ1) is 14.1. The lowest BCUT2D eigenvalue weighted by atomic mass is 10.2. The van der Waals surface area contributed by atoms with Crippen LogP contribution in [0, 0.1) is 6.92 Å². The van der Waals surface area contributed by atoms with Gasteiger partial charge in [-0.1, -0.05) is 0 Å². The van der Waals surface area contributed by atoms with Crippen molar-refractivity contribution < 1.29 is 13.2 Å². The fraction of sp³-hybridized carbons (Fsp3) is 0.600. The van der Waals surface area contributed by atoms with Crippen molar-refractivity contribution in [3.63, 3.8) is 0 Å². The summed E-state index contributed by atoms with van der Waals surface area (Å²) in [5, 5.41) is 3.78. The molecular weight excluding hydrogens is 260 g/mol. The summed E-state index contributed by atoms with van der Waals surface area (Å²) in [4.78, 5) is 11.4. The lowest BCUT2D eigenvalue weighted by molar-refractivity contribution is 0.101. The molecule has 1 N–H and O–H groups in total. The van der Waals surface area contributed by atoms with Gasteiger partial charge in [-0.05, 0) is 31.8 Å². The molecule has 1 aromatic rings. The Labute approximate surface area is 105 Å². The van der Waals surface area contributed by atoms with E-state index in [-0.39, 0.29) is 11.5 Å². The first-order chi connectivity index (χ1) is 7.81. The summed E-state index contributed by atoms with van der Waals surface area (Å²) in [6, 6.07) is 0. The molecule has 0 amide bonds. The second-order valence-electron chi connectivity index (χ2n) is 3.94. The second kappa shape index (κ2) is 5.59. The zero-order chi connectivity index (χ0) is 13.1. The predicted octanol–water partition coefficient (Wildman–Crippen LogP) is 1.50. The van der Waals surface area contributed by atoms with Crippen LogP contribution in [0.2, 0.25) is 0 Å². The van der Waals surface area contributed by atoms with Gasteiger partial charge in [0.05, 0.1) is 17.0 Å². The highest BCUT2D eigenvalue weighted by molar-refractivity contribution is 7.90. The zero-order valence-corrected chi connectivity index (χ0v) is 11.7. The Kier molecular flexibility index (Phi) is 4.64. The van der Waals surface area contributed by atoms with E-state index in [4.69, 9.17) is 0 Å². The molecule has 5 nitrogen and oxygen atoms in total. The van der Waals surface area contributed by atoms with Crippen LogP contribution in [0.15, 0.2) is 0 Å². The van der Waals surface area contributed by atoms with E-state index < -0.39 is 9.84 Å². The Bertz CT molecular complexity index is 506. The summed E-state index contributed by atoms with van der Waals surface area (Å²) in [6.45, 7) is 3.81. The number of hydrogen-bond acceptors (Lipinski definition) is 6. The van der Waals surface area contributed by atoms with E-state index in [2.05, 4.69) is 9.69 Å². The number of rotatable bonds is 6. The fourth-order valence-corrected chi connectivity index (χ4v) is 2.98. The van der Waals surface area contributed by atoms with Crippen LogP contribution in [-0.2, 0) is 9.84 Å². The molecule has 96 valence electrons. The third-order valence-corrected chi connectivity index (χ3v) is 4.12. The molecule has 1 heterocycles. The number of anilines is 1. The van der Waals surface area contributed by atoms with Crippen LogP contribution in [0.4, 0.5) is 5.00 Å². The van der Waals surface area contributed by atoms with Crippen LogP contribution in [-0.4, -0.2) is 37.1 Å². The quantitative estimate of drug-likeness (QED) is 0.629. The van der Waals surface area contributed by atoms with Gasteiger partial charge in [0.2, 0.25) is 0 Å². The normalized spacial score (nSPS) is 11.5. The summed E-state index contributed by atoms with van der Waals surface area (Å²) in [5.74, 6) is 0.120. The molecule has 0 aliphatic carbocycles. The zero-order valence-electron chi connectivity index (χ0n) is 10.1. The predicted molar refractivity (Wildman–Crippen MR) is 69.7 cm³/mol. The molecule has 0 saturated heterocycles. The van der Waals surface area contributed by atoms with Crippen molar-refractivity contribution in [3.05, 3.63) is 11.3 Å². The summed E-state index contributed by atoms with van der Waals surface area (Å²) in [5.41, 5.74) is 1.32. The summed E-state index contributed by atoms with van der Waals surface area (Å²) in [6.07, 6.45) is 1.73. The van der Waals surface area contributed by atoms with E-state index in [0.717, 1.165) is 5.00 Å². The van der Waals surface area contributed by atoms with Gasteiger partial charge in [-0.15, -0.1) is 0 Å². The molecule has 0 aliphatic heterocycles. The second-order valence-corrected chi connectivity index (χ2v) is 6.97. The van der Waals surface area contributed by atoms with Crippen molar-refractivity contribution >= 4 is 32.2 Å². The van der Waals surface area contributed by atoms with E-state index in [1.807, 2.05) is 0 Å². The van der Waals surface area contributed by atoms with Gasteiger partial charge in [-0.3, -0.25) is 4.79 Å². The first-order valence-corrected chi connectivity index (χ1v) is 8.03. The van der Waals surface area contributed by atoms with Crippen molar-refractivity contribution in [2.75, 3.05) is 23.9 Å². The maximum atomic E-state index is 11.4. The van der Waals surface area contributed by atoms with Gasteiger partial charge in [0.25, 0.3) is 0 Å². The lowest BCUT2D eigenvalue weighted by Crippen LogP contribution is -2.10. The fourth-order valence-electron chi connectivity index (χ4n) is 1.44. The van der Waals surface area contributed by atoms with E-state index in [9.17, 15) is 13.2 Å². The molecule has 0 atom stereocenters. The van der Waals surface area contributed by atoms with Gasteiger partial charge in [0.1, 0.15) is 14.8 Å². The van der Waals surface area contributed by atoms with Crippen LogP contribution in [0.1, 0.15) is 29.4 Å². The Morgan fingerprint density at radius 1 is 1.47 bits per heavy atom. The van der Waals surface area contributed by atoms with Gasteiger partial charge in [0.15, 0.2) is 5.78 Å². The van der Waals surface area contributed by atoms with Crippen LogP contribution in [0.25, 0.3) is 0 Å². The summed E-state index contributed by atoms with van der Waals surface area (Å²) >= 11 is 1.23. The molecule has 0 aliphatic rings. The van der Waals surface area contributed by atoms with Crippen molar-refractivity contribution in [3.8, 4) is 0 Å². The maximum absolute atomic E-state index is 11.4. The molecule has 0 radical (unpaired) electrons. The standard InChI is InChI=1S/C10H16N2O3S2/c1-7-9(8(2)13)10(16-12-7)11-5-4-6-17(3,14)15/h11H,4-6H2,1-3H3. The number of aromatic nitrogens is 1. The van der Waals surface area contributed by atoms with Crippen molar-refractivity contribution in [1.29, 1.82) is 0 Å². The third kappa shape index (κ3) is 4.43. The van der Waals surface area contributed by atoms with Gasteiger partial charge in [-0.2, -0.15) is 4.37 Å². The lowest BCUT2D eigenvalue weighted by Gasteiger charge is -2.04. The number of hydrogen-bond donors (Lipinski definition) is 1. The van der Waals surface area contributed by atoms with E-state index in [1.165, 1.54) is 24.7 Å². The Morgan fingerprint density at radius 2 is 2.12 bits per heavy atom. The SMILES string of the molecule is CC(=O)c1c(C)nsc1NCCCS(C)(=O)=O. The van der Waals surface area contributed by atoms with Crippen molar-refractivity contribution in [2.45, 2.75) is 20.3 Å². The molecule has 1 rings (SSSR count). The van der Waals surface area contributed by atoms with Crippen LogP contribution in [0.5, 0.6) is 0 Å². The van der Waals surface area contributed by atoms with E-state index in [0.29, 0.717) is 24.2 Å². The number of sulfone groups is 1. The number of ketones is 1. The Balaban J connectivity index is 2.56. The van der Waals surface area contributed by atoms with Gasteiger partial charge < -0.3 is 5.32 Å². The molecule has 17 heavy (non-hydrogen) atoms. The Hall–Kier alpha value is -0.950. The number of aryl methyl sites for hydroxylation is 1. The molecule has 7 heteroatoms. The van der Waals surface area contributed by atoms with Crippen molar-refractivity contribution in [2.24, 2.45) is 0 Å². The summed E-state index contributed by atoms with van der Waals surface area (Å²) in [7, 11) is -2.92. The minimum absolute atomic E-state index is 0.0261. The smallest absolute Gasteiger partial charge is 0.164 e. The number of nitrogens with zero attached hydrogens (tertiary/aromatic N) is 1. The van der Waals surface area contributed by atoms with Gasteiger partial charge in [-0.25, -0.2) is 8.42 Å². The maximum Gasteiger partial charge on any atom is 0.164 e. The minimum atomic E-state index is -2.92.